The normalized spacial score (nSPS) is 12.3. The van der Waals surface area contributed by atoms with Crippen molar-refractivity contribution in [2.45, 2.75) is 5.92 Å². The number of rotatable bonds is 3. The molecular weight excluding hydrogens is 382 g/mol. The van der Waals surface area contributed by atoms with Crippen LogP contribution in [0.4, 0.5) is 32.3 Å². The molecule has 1 aliphatic rings. The predicted octanol–water partition coefficient (Wildman–Crippen LogP) is 2.44. The molecule has 1 aliphatic heterocycles. The van der Waals surface area contributed by atoms with Crippen LogP contribution in [0, 0.1) is 0 Å². The van der Waals surface area contributed by atoms with Crippen molar-refractivity contribution in [1.82, 2.24) is 0 Å². The van der Waals surface area contributed by atoms with Gasteiger partial charge in [-0.1, -0.05) is 42.5 Å². The standard InChI is InChI=1S/C21H21N7O2/c22-20(29)27(24)13-6-8-15-17(10-13)26-18-11-14(28(25)21(23)30)7-9-16(18)19(15)12-4-2-1-3-5-12/h1-11,19,26H,24-25H2,(H2,22,29)(H2,23,30). The lowest BCUT2D eigenvalue weighted by molar-refractivity contribution is 0.253. The molecule has 0 spiro atoms. The van der Waals surface area contributed by atoms with Crippen LogP contribution in [-0.4, -0.2) is 12.1 Å². The first-order chi connectivity index (χ1) is 14.4. The van der Waals surface area contributed by atoms with Gasteiger partial charge in [-0.3, -0.25) is 0 Å². The van der Waals surface area contributed by atoms with E-state index < -0.39 is 12.1 Å². The number of primary amides is 2. The number of anilines is 4. The molecule has 9 heteroatoms. The van der Waals surface area contributed by atoms with Gasteiger partial charge in [-0.15, -0.1) is 0 Å². The van der Waals surface area contributed by atoms with E-state index in [2.05, 4.69) is 5.32 Å². The van der Waals surface area contributed by atoms with Gasteiger partial charge in [0.15, 0.2) is 0 Å². The Labute approximate surface area is 172 Å². The number of urea groups is 2. The number of benzene rings is 3. The molecule has 9 N–H and O–H groups in total. The van der Waals surface area contributed by atoms with Gasteiger partial charge in [0, 0.05) is 17.3 Å². The van der Waals surface area contributed by atoms with Gasteiger partial charge in [0.25, 0.3) is 0 Å². The molecule has 0 unspecified atom stereocenters. The molecule has 0 radical (unpaired) electrons. The van der Waals surface area contributed by atoms with Crippen LogP contribution in [-0.2, 0) is 0 Å². The van der Waals surface area contributed by atoms with E-state index >= 15 is 0 Å². The van der Waals surface area contributed by atoms with Crippen molar-refractivity contribution in [1.29, 1.82) is 0 Å². The molecule has 0 atom stereocenters. The molecular formula is C21H21N7O2. The summed E-state index contributed by atoms with van der Waals surface area (Å²) in [5, 5.41) is 5.09. The van der Waals surface area contributed by atoms with Gasteiger partial charge < -0.3 is 16.8 Å². The quantitative estimate of drug-likeness (QED) is 0.202. The Morgan fingerprint density at radius 2 is 1.20 bits per heavy atom. The number of nitrogens with two attached hydrogens (primary N) is 4. The lowest BCUT2D eigenvalue weighted by Gasteiger charge is -2.31. The second kappa shape index (κ2) is 7.39. The number of amides is 4. The summed E-state index contributed by atoms with van der Waals surface area (Å²) in [7, 11) is 0. The zero-order chi connectivity index (χ0) is 21.4. The van der Waals surface area contributed by atoms with Crippen LogP contribution in [0.2, 0.25) is 0 Å². The monoisotopic (exact) mass is 403 g/mol. The highest BCUT2D eigenvalue weighted by Crippen LogP contribution is 2.46. The molecule has 152 valence electrons. The summed E-state index contributed by atoms with van der Waals surface area (Å²) in [6.45, 7) is 0. The van der Waals surface area contributed by atoms with Crippen LogP contribution < -0.4 is 38.5 Å². The molecule has 4 rings (SSSR count). The highest BCUT2D eigenvalue weighted by Gasteiger charge is 2.28. The average Bonchev–Trinajstić information content (AvgIpc) is 2.76. The third-order valence-corrected chi connectivity index (χ3v) is 5.13. The molecule has 0 saturated heterocycles. The fourth-order valence-corrected chi connectivity index (χ4v) is 3.68. The summed E-state index contributed by atoms with van der Waals surface area (Å²) in [4.78, 5) is 23.0. The number of nitrogens with one attached hydrogen (secondary N) is 1. The Morgan fingerprint density at radius 1 is 0.733 bits per heavy atom. The molecule has 0 saturated carbocycles. The van der Waals surface area contributed by atoms with Gasteiger partial charge in [0.1, 0.15) is 0 Å². The van der Waals surface area contributed by atoms with Crippen molar-refractivity contribution in [2.24, 2.45) is 23.2 Å². The van der Waals surface area contributed by atoms with E-state index in [4.69, 9.17) is 23.2 Å². The minimum atomic E-state index is -0.770. The van der Waals surface area contributed by atoms with Gasteiger partial charge >= 0.3 is 12.1 Å². The maximum absolute atomic E-state index is 11.5. The van der Waals surface area contributed by atoms with Crippen molar-refractivity contribution in [3.05, 3.63) is 83.4 Å². The van der Waals surface area contributed by atoms with Crippen LogP contribution in [0.3, 0.4) is 0 Å². The van der Waals surface area contributed by atoms with Crippen molar-refractivity contribution in [3.8, 4) is 0 Å². The van der Waals surface area contributed by atoms with E-state index in [-0.39, 0.29) is 5.92 Å². The van der Waals surface area contributed by atoms with E-state index in [1.165, 1.54) is 0 Å². The van der Waals surface area contributed by atoms with Crippen LogP contribution in [0.5, 0.6) is 0 Å². The maximum Gasteiger partial charge on any atom is 0.333 e. The lowest BCUT2D eigenvalue weighted by Crippen LogP contribution is -2.41. The zero-order valence-corrected chi connectivity index (χ0v) is 15.9. The summed E-state index contributed by atoms with van der Waals surface area (Å²) in [5.74, 6) is 11.4. The Morgan fingerprint density at radius 3 is 1.63 bits per heavy atom. The molecule has 0 fully saturated rings. The van der Waals surface area contributed by atoms with E-state index in [0.717, 1.165) is 38.1 Å². The number of hydrogen-bond acceptors (Lipinski definition) is 5. The maximum atomic E-state index is 11.5. The molecule has 3 aromatic rings. The van der Waals surface area contributed by atoms with Crippen LogP contribution in [0.1, 0.15) is 22.6 Å². The summed E-state index contributed by atoms with van der Waals surface area (Å²) in [6.07, 6.45) is 0. The summed E-state index contributed by atoms with van der Waals surface area (Å²) in [6, 6.07) is 19.3. The first-order valence-electron chi connectivity index (χ1n) is 9.15. The molecule has 4 amide bonds. The topological polar surface area (TPSA) is 157 Å². The van der Waals surface area contributed by atoms with E-state index in [9.17, 15) is 9.59 Å². The smallest absolute Gasteiger partial charge is 0.333 e. The van der Waals surface area contributed by atoms with Crippen LogP contribution in [0.15, 0.2) is 66.7 Å². The first-order valence-corrected chi connectivity index (χ1v) is 9.15. The highest BCUT2D eigenvalue weighted by atomic mass is 16.2. The Hall–Kier alpha value is -4.08. The number of hydrazine groups is 2. The lowest BCUT2D eigenvalue weighted by atomic mass is 9.81. The Bertz CT molecular complexity index is 1060. The minimum absolute atomic E-state index is 0.0832. The number of carbonyl (C=O) groups excluding carboxylic acids is 2. The van der Waals surface area contributed by atoms with Crippen molar-refractivity contribution < 1.29 is 9.59 Å². The fourth-order valence-electron chi connectivity index (χ4n) is 3.68. The summed E-state index contributed by atoms with van der Waals surface area (Å²) in [5.41, 5.74) is 16.1. The van der Waals surface area contributed by atoms with Crippen molar-refractivity contribution in [2.75, 3.05) is 15.3 Å². The second-order valence-electron chi connectivity index (χ2n) is 6.93. The molecule has 1 heterocycles. The predicted molar refractivity (Wildman–Crippen MR) is 116 cm³/mol. The Balaban J connectivity index is 1.87. The largest absolute Gasteiger partial charge is 0.355 e. The molecule has 30 heavy (non-hydrogen) atoms. The van der Waals surface area contributed by atoms with E-state index in [0.29, 0.717) is 11.4 Å². The molecule has 9 nitrogen and oxygen atoms in total. The third kappa shape index (κ3) is 3.28. The molecule has 3 aromatic carbocycles. The second-order valence-corrected chi connectivity index (χ2v) is 6.93. The van der Waals surface area contributed by atoms with Gasteiger partial charge in [-0.2, -0.15) is 0 Å². The van der Waals surface area contributed by atoms with Crippen molar-refractivity contribution >= 4 is 34.8 Å². The van der Waals surface area contributed by atoms with Crippen LogP contribution >= 0.6 is 0 Å². The number of carbonyl (C=O) groups is 2. The zero-order valence-electron chi connectivity index (χ0n) is 15.9. The molecule has 0 aliphatic carbocycles. The number of hydrogen-bond donors (Lipinski definition) is 5. The molecule has 0 aromatic heterocycles. The average molecular weight is 403 g/mol. The summed E-state index contributed by atoms with van der Waals surface area (Å²) >= 11 is 0. The fraction of sp³-hybridized carbons (Fsp3) is 0.0476. The van der Waals surface area contributed by atoms with Crippen LogP contribution in [0.25, 0.3) is 0 Å². The molecule has 0 bridgehead atoms. The number of nitrogens with zero attached hydrogens (tertiary/aromatic N) is 2. The van der Waals surface area contributed by atoms with Gasteiger partial charge in [-0.25, -0.2) is 31.3 Å². The Kier molecular flexibility index (Phi) is 4.74. The van der Waals surface area contributed by atoms with Gasteiger partial charge in [0.2, 0.25) is 0 Å². The van der Waals surface area contributed by atoms with E-state index in [1.807, 2.05) is 42.5 Å². The van der Waals surface area contributed by atoms with Crippen molar-refractivity contribution in [3.63, 3.8) is 0 Å². The first kappa shape index (κ1) is 19.2. The van der Waals surface area contributed by atoms with Gasteiger partial charge in [-0.05, 0) is 41.0 Å². The summed E-state index contributed by atoms with van der Waals surface area (Å²) < 4.78 is 0. The third-order valence-electron chi connectivity index (χ3n) is 5.13. The minimum Gasteiger partial charge on any atom is -0.355 e. The highest BCUT2D eigenvalue weighted by molar-refractivity contribution is 5.92. The SMILES string of the molecule is NC(=O)N(N)c1ccc2c(c1)Nc1cc(N(N)C(N)=O)ccc1C2c1ccccc1. The van der Waals surface area contributed by atoms with Gasteiger partial charge in [0.05, 0.1) is 11.4 Å². The van der Waals surface area contributed by atoms with E-state index in [1.54, 1.807) is 24.3 Å². The number of fused-ring (bicyclic) bond motifs is 2.